The van der Waals surface area contributed by atoms with E-state index in [1.165, 1.54) is 0 Å². The van der Waals surface area contributed by atoms with Crippen LogP contribution in [0.2, 0.25) is 0 Å². The molecule has 0 radical (unpaired) electrons. The average Bonchev–Trinajstić information content (AvgIpc) is 2.85. The number of rotatable bonds is 2. The molecule has 0 aliphatic carbocycles. The summed E-state index contributed by atoms with van der Waals surface area (Å²) in [5.74, 6) is 1.54. The molecule has 90 valence electrons. The molecule has 0 amide bonds. The van der Waals surface area contributed by atoms with Crippen LogP contribution in [0.4, 0.5) is 0 Å². The third-order valence-electron chi connectivity index (χ3n) is 2.91. The van der Waals surface area contributed by atoms with E-state index in [0.29, 0.717) is 0 Å². The fraction of sp³-hybridized carbons (Fsp3) is 0.0667. The highest BCUT2D eigenvalue weighted by molar-refractivity contribution is 9.10. The molecule has 0 aromatic heterocycles. The highest BCUT2D eigenvalue weighted by Gasteiger charge is 2.17. The van der Waals surface area contributed by atoms with E-state index in [9.17, 15) is 0 Å². The van der Waals surface area contributed by atoms with Crippen LogP contribution in [-0.2, 0) is 0 Å². The minimum absolute atomic E-state index is 0.281. The van der Waals surface area contributed by atoms with Crippen molar-refractivity contribution < 1.29 is 9.47 Å². The Morgan fingerprint density at radius 1 is 1.06 bits per heavy atom. The molecule has 3 heteroatoms. The first-order valence-corrected chi connectivity index (χ1v) is 6.39. The number of fused-ring (bicyclic) bond motifs is 1. The minimum Gasteiger partial charge on any atom is -0.454 e. The third-order valence-corrected chi connectivity index (χ3v) is 3.57. The van der Waals surface area contributed by atoms with Crippen LogP contribution in [0.1, 0.15) is 11.1 Å². The van der Waals surface area contributed by atoms with E-state index in [0.717, 1.165) is 32.7 Å². The Morgan fingerprint density at radius 3 is 2.44 bits per heavy atom. The molecule has 0 saturated carbocycles. The third kappa shape index (κ3) is 1.91. The summed E-state index contributed by atoms with van der Waals surface area (Å²) < 4.78 is 11.7. The Kier molecular flexibility index (Phi) is 2.84. The molecule has 1 aliphatic rings. The van der Waals surface area contributed by atoms with Crippen molar-refractivity contribution in [3.8, 4) is 11.5 Å². The van der Waals surface area contributed by atoms with Gasteiger partial charge in [0, 0.05) is 4.47 Å². The second-order valence-corrected chi connectivity index (χ2v) is 4.88. The Bertz CT molecular complexity index is 605. The summed E-state index contributed by atoms with van der Waals surface area (Å²) in [6.45, 7) is 4.44. The molecule has 18 heavy (non-hydrogen) atoms. The first kappa shape index (κ1) is 11.4. The van der Waals surface area contributed by atoms with Crippen LogP contribution in [0.5, 0.6) is 11.5 Å². The Morgan fingerprint density at radius 2 is 1.72 bits per heavy atom. The van der Waals surface area contributed by atoms with Crippen molar-refractivity contribution in [1.82, 2.24) is 0 Å². The molecule has 1 aliphatic heterocycles. The second-order valence-electron chi connectivity index (χ2n) is 4.03. The largest absolute Gasteiger partial charge is 0.454 e. The number of halogens is 1. The van der Waals surface area contributed by atoms with Gasteiger partial charge < -0.3 is 9.47 Å². The zero-order valence-corrected chi connectivity index (χ0v) is 11.2. The van der Waals surface area contributed by atoms with Gasteiger partial charge in [0.15, 0.2) is 11.5 Å². The predicted octanol–water partition coefficient (Wildman–Crippen LogP) is 4.24. The van der Waals surface area contributed by atoms with E-state index in [1.807, 2.05) is 42.5 Å². The lowest BCUT2D eigenvalue weighted by Crippen LogP contribution is -1.93. The molecule has 0 N–H and O–H groups in total. The molecule has 2 nitrogen and oxygen atoms in total. The Labute approximate surface area is 114 Å². The van der Waals surface area contributed by atoms with Gasteiger partial charge in [0.1, 0.15) is 0 Å². The molecule has 0 atom stereocenters. The predicted molar refractivity (Wildman–Crippen MR) is 74.8 cm³/mol. The maximum absolute atomic E-state index is 5.40. The standard InChI is InChI=1S/C15H11BrO2/c1-10(11-5-3-2-4-6-11)12-7-14-15(8-13(12)16)18-9-17-14/h2-8H,1,9H2. The van der Waals surface area contributed by atoms with Crippen molar-refractivity contribution in [1.29, 1.82) is 0 Å². The quantitative estimate of drug-likeness (QED) is 0.826. The van der Waals surface area contributed by atoms with Crippen LogP contribution in [0.15, 0.2) is 53.5 Å². The fourth-order valence-electron chi connectivity index (χ4n) is 1.94. The van der Waals surface area contributed by atoms with Crippen LogP contribution < -0.4 is 9.47 Å². The zero-order chi connectivity index (χ0) is 12.5. The summed E-state index contributed by atoms with van der Waals surface area (Å²) in [5.41, 5.74) is 3.07. The van der Waals surface area contributed by atoms with E-state index in [4.69, 9.17) is 9.47 Å². The molecular weight excluding hydrogens is 292 g/mol. The summed E-state index contributed by atoms with van der Waals surface area (Å²) in [5, 5.41) is 0. The highest BCUT2D eigenvalue weighted by atomic mass is 79.9. The van der Waals surface area contributed by atoms with Crippen molar-refractivity contribution in [2.45, 2.75) is 0 Å². The maximum Gasteiger partial charge on any atom is 0.231 e. The lowest BCUT2D eigenvalue weighted by molar-refractivity contribution is 0.174. The lowest BCUT2D eigenvalue weighted by Gasteiger charge is -2.09. The van der Waals surface area contributed by atoms with Gasteiger partial charge in [0.05, 0.1) is 0 Å². The fourth-order valence-corrected chi connectivity index (χ4v) is 2.50. The topological polar surface area (TPSA) is 18.5 Å². The monoisotopic (exact) mass is 302 g/mol. The van der Waals surface area contributed by atoms with E-state index in [-0.39, 0.29) is 6.79 Å². The van der Waals surface area contributed by atoms with Crippen LogP contribution >= 0.6 is 15.9 Å². The molecule has 1 heterocycles. The van der Waals surface area contributed by atoms with E-state index in [2.05, 4.69) is 22.5 Å². The number of benzene rings is 2. The summed E-state index contributed by atoms with van der Waals surface area (Å²) in [7, 11) is 0. The molecular formula is C15H11BrO2. The highest BCUT2D eigenvalue weighted by Crippen LogP contribution is 2.40. The molecule has 0 saturated heterocycles. The van der Waals surface area contributed by atoms with E-state index in [1.54, 1.807) is 0 Å². The summed E-state index contributed by atoms with van der Waals surface area (Å²) in [6.07, 6.45) is 0. The van der Waals surface area contributed by atoms with Crippen molar-refractivity contribution in [3.05, 3.63) is 64.6 Å². The first-order chi connectivity index (χ1) is 8.75. The van der Waals surface area contributed by atoms with Crippen molar-refractivity contribution in [2.24, 2.45) is 0 Å². The van der Waals surface area contributed by atoms with Crippen molar-refractivity contribution in [3.63, 3.8) is 0 Å². The van der Waals surface area contributed by atoms with Crippen LogP contribution in [-0.4, -0.2) is 6.79 Å². The minimum atomic E-state index is 0.281. The molecule has 2 aromatic rings. The average molecular weight is 303 g/mol. The van der Waals surface area contributed by atoms with Gasteiger partial charge in [-0.3, -0.25) is 0 Å². The van der Waals surface area contributed by atoms with Crippen LogP contribution in [0.25, 0.3) is 5.57 Å². The van der Waals surface area contributed by atoms with Gasteiger partial charge in [-0.25, -0.2) is 0 Å². The number of hydrogen-bond donors (Lipinski definition) is 0. The molecule has 2 aromatic carbocycles. The molecule has 0 bridgehead atoms. The Balaban J connectivity index is 2.05. The smallest absolute Gasteiger partial charge is 0.231 e. The SMILES string of the molecule is C=C(c1ccccc1)c1cc2c(cc1Br)OCO2. The molecule has 0 unspecified atom stereocenters. The lowest BCUT2D eigenvalue weighted by atomic mass is 9.99. The van der Waals surface area contributed by atoms with Gasteiger partial charge >= 0.3 is 0 Å². The van der Waals surface area contributed by atoms with Crippen molar-refractivity contribution >= 4 is 21.5 Å². The normalized spacial score (nSPS) is 12.5. The van der Waals surface area contributed by atoms with E-state index < -0.39 is 0 Å². The van der Waals surface area contributed by atoms with Gasteiger partial charge in [-0.2, -0.15) is 0 Å². The van der Waals surface area contributed by atoms with Crippen LogP contribution in [0.3, 0.4) is 0 Å². The van der Waals surface area contributed by atoms with Gasteiger partial charge in [0.2, 0.25) is 6.79 Å². The number of ether oxygens (including phenoxy) is 2. The summed E-state index contributed by atoms with van der Waals surface area (Å²) in [4.78, 5) is 0. The second kappa shape index (κ2) is 4.50. The first-order valence-electron chi connectivity index (χ1n) is 5.59. The van der Waals surface area contributed by atoms with Gasteiger partial charge in [0.25, 0.3) is 0 Å². The van der Waals surface area contributed by atoms with Crippen LogP contribution in [0, 0.1) is 0 Å². The van der Waals surface area contributed by atoms with Gasteiger partial charge in [-0.15, -0.1) is 0 Å². The molecule has 3 rings (SSSR count). The van der Waals surface area contributed by atoms with Gasteiger partial charge in [-0.05, 0) is 28.8 Å². The molecule has 0 spiro atoms. The summed E-state index contributed by atoms with van der Waals surface area (Å²) in [6, 6.07) is 14.0. The molecule has 0 fully saturated rings. The summed E-state index contributed by atoms with van der Waals surface area (Å²) >= 11 is 3.55. The Hall–Kier alpha value is -1.74. The maximum atomic E-state index is 5.40. The number of hydrogen-bond acceptors (Lipinski definition) is 2. The van der Waals surface area contributed by atoms with Gasteiger partial charge in [-0.1, -0.05) is 52.8 Å². The van der Waals surface area contributed by atoms with E-state index >= 15 is 0 Å². The van der Waals surface area contributed by atoms with Crippen molar-refractivity contribution in [2.75, 3.05) is 6.79 Å². The zero-order valence-electron chi connectivity index (χ0n) is 9.65.